The number of hydrogen-bond acceptors (Lipinski definition) is 5. The van der Waals surface area contributed by atoms with Crippen molar-refractivity contribution in [1.82, 2.24) is 0 Å². The molecule has 1 aliphatic carbocycles. The molecule has 0 aromatic carbocycles. The van der Waals surface area contributed by atoms with Crippen molar-refractivity contribution in [1.29, 1.82) is 0 Å². The molecule has 112 valence electrons. The van der Waals surface area contributed by atoms with E-state index in [1.54, 1.807) is 20.3 Å². The first-order valence-electron chi connectivity index (χ1n) is 7.16. The molecule has 0 unspecified atom stereocenters. The summed E-state index contributed by atoms with van der Waals surface area (Å²) in [5.74, 6) is 1.35. The van der Waals surface area contributed by atoms with Crippen molar-refractivity contribution in [2.24, 2.45) is 15.9 Å². The number of methoxy groups -OCH3 is 2. The zero-order valence-corrected chi connectivity index (χ0v) is 12.7. The predicted molar refractivity (Wildman–Crippen MR) is 79.2 cm³/mol. The lowest BCUT2D eigenvalue weighted by Gasteiger charge is -2.37. The average molecular weight is 280 g/mol. The molecule has 0 fully saturated rings. The minimum Gasteiger partial charge on any atom is -0.483 e. The Bertz CT molecular complexity index is 442. The van der Waals surface area contributed by atoms with Gasteiger partial charge in [0, 0.05) is 0 Å². The summed E-state index contributed by atoms with van der Waals surface area (Å²) in [4.78, 5) is 9.39. The highest BCUT2D eigenvalue weighted by Crippen LogP contribution is 2.34. The molecule has 1 spiro atoms. The van der Waals surface area contributed by atoms with E-state index in [1.807, 2.05) is 6.08 Å². The lowest BCUT2D eigenvalue weighted by molar-refractivity contribution is 0.138. The van der Waals surface area contributed by atoms with Crippen molar-refractivity contribution in [2.75, 3.05) is 14.2 Å². The Kier molecular flexibility index (Phi) is 4.48. The fourth-order valence-electron chi connectivity index (χ4n) is 2.81. The maximum atomic E-state index is 10.5. The fourth-order valence-corrected chi connectivity index (χ4v) is 2.81. The predicted octanol–water partition coefficient (Wildman–Crippen LogP) is 1.95. The van der Waals surface area contributed by atoms with E-state index >= 15 is 0 Å². The summed E-state index contributed by atoms with van der Waals surface area (Å²) in [6.07, 6.45) is 5.61. The van der Waals surface area contributed by atoms with E-state index in [1.165, 1.54) is 0 Å². The van der Waals surface area contributed by atoms with Gasteiger partial charge in [0.05, 0.1) is 14.2 Å². The Morgan fingerprint density at radius 1 is 1.35 bits per heavy atom. The SMILES string of the molecule is COC1=N[C@]2(CCCC=C[C@H]2O)C(OC)=N[C@@H]1C(C)C. The Hall–Kier alpha value is -1.36. The van der Waals surface area contributed by atoms with Crippen LogP contribution in [0, 0.1) is 5.92 Å². The number of nitrogens with zero attached hydrogens (tertiary/aromatic N) is 2. The molecule has 0 aromatic heterocycles. The third-order valence-corrected chi connectivity index (χ3v) is 3.96. The molecule has 0 amide bonds. The van der Waals surface area contributed by atoms with Crippen LogP contribution in [0.15, 0.2) is 22.1 Å². The zero-order chi connectivity index (χ0) is 14.8. The first-order chi connectivity index (χ1) is 9.55. The minimum absolute atomic E-state index is 0.153. The first-order valence-corrected chi connectivity index (χ1v) is 7.16. The van der Waals surface area contributed by atoms with Crippen molar-refractivity contribution in [3.05, 3.63) is 12.2 Å². The summed E-state index contributed by atoms with van der Waals surface area (Å²) in [5.41, 5.74) is -0.835. The Labute approximate surface area is 120 Å². The number of ether oxygens (including phenoxy) is 2. The highest BCUT2D eigenvalue weighted by molar-refractivity contribution is 5.97. The molecule has 5 heteroatoms. The Balaban J connectivity index is 2.48. The lowest BCUT2D eigenvalue weighted by Crippen LogP contribution is -2.53. The number of aliphatic imine (C=N–C) groups is 2. The van der Waals surface area contributed by atoms with E-state index in [0.717, 1.165) is 12.8 Å². The molecule has 0 saturated heterocycles. The van der Waals surface area contributed by atoms with Crippen LogP contribution in [-0.4, -0.2) is 48.8 Å². The Morgan fingerprint density at radius 3 is 2.70 bits per heavy atom. The molecule has 20 heavy (non-hydrogen) atoms. The van der Waals surface area contributed by atoms with E-state index in [9.17, 15) is 5.11 Å². The highest BCUT2D eigenvalue weighted by atomic mass is 16.5. The van der Waals surface area contributed by atoms with E-state index in [4.69, 9.17) is 14.5 Å². The van der Waals surface area contributed by atoms with Crippen LogP contribution in [0.3, 0.4) is 0 Å². The normalized spacial score (nSPS) is 33.7. The minimum atomic E-state index is -0.835. The molecule has 0 bridgehead atoms. The average Bonchev–Trinajstić information content (AvgIpc) is 2.61. The molecule has 1 aliphatic heterocycles. The number of aliphatic hydroxyl groups is 1. The van der Waals surface area contributed by atoms with Crippen LogP contribution in [0.25, 0.3) is 0 Å². The number of aliphatic hydroxyl groups excluding tert-OH is 1. The van der Waals surface area contributed by atoms with Gasteiger partial charge in [-0.05, 0) is 25.2 Å². The topological polar surface area (TPSA) is 63.4 Å². The molecule has 1 heterocycles. The molecule has 5 nitrogen and oxygen atoms in total. The fraction of sp³-hybridized carbons (Fsp3) is 0.733. The molecular weight excluding hydrogens is 256 g/mol. The smallest absolute Gasteiger partial charge is 0.215 e. The van der Waals surface area contributed by atoms with Gasteiger partial charge in [-0.1, -0.05) is 26.0 Å². The second kappa shape index (κ2) is 5.95. The van der Waals surface area contributed by atoms with Gasteiger partial charge in [-0.25, -0.2) is 9.98 Å². The zero-order valence-electron chi connectivity index (χ0n) is 12.7. The van der Waals surface area contributed by atoms with Gasteiger partial charge in [-0.3, -0.25) is 0 Å². The number of allylic oxidation sites excluding steroid dienone is 1. The van der Waals surface area contributed by atoms with Crippen LogP contribution in [0.4, 0.5) is 0 Å². The van der Waals surface area contributed by atoms with E-state index in [2.05, 4.69) is 18.8 Å². The van der Waals surface area contributed by atoms with Gasteiger partial charge in [0.1, 0.15) is 12.1 Å². The number of hydrogen-bond donors (Lipinski definition) is 1. The highest BCUT2D eigenvalue weighted by Gasteiger charge is 2.48. The second-order valence-corrected chi connectivity index (χ2v) is 5.67. The van der Waals surface area contributed by atoms with Gasteiger partial charge >= 0.3 is 0 Å². The van der Waals surface area contributed by atoms with Crippen molar-refractivity contribution >= 4 is 11.8 Å². The third-order valence-electron chi connectivity index (χ3n) is 3.96. The van der Waals surface area contributed by atoms with Gasteiger partial charge < -0.3 is 14.6 Å². The third kappa shape index (κ3) is 2.46. The van der Waals surface area contributed by atoms with Gasteiger partial charge in [0.25, 0.3) is 0 Å². The molecule has 0 aromatic rings. The Morgan fingerprint density at radius 2 is 2.10 bits per heavy atom. The summed E-state index contributed by atoms with van der Waals surface area (Å²) >= 11 is 0. The molecule has 1 N–H and O–H groups in total. The van der Waals surface area contributed by atoms with Gasteiger partial charge in [-0.15, -0.1) is 0 Å². The van der Waals surface area contributed by atoms with Crippen LogP contribution in [-0.2, 0) is 9.47 Å². The van der Waals surface area contributed by atoms with E-state index in [0.29, 0.717) is 18.2 Å². The van der Waals surface area contributed by atoms with Gasteiger partial charge in [-0.2, -0.15) is 0 Å². The summed E-state index contributed by atoms with van der Waals surface area (Å²) in [7, 11) is 3.20. The monoisotopic (exact) mass is 280 g/mol. The van der Waals surface area contributed by atoms with Gasteiger partial charge in [0.15, 0.2) is 5.54 Å². The van der Waals surface area contributed by atoms with Crippen LogP contribution in [0.5, 0.6) is 0 Å². The quantitative estimate of drug-likeness (QED) is 0.747. The van der Waals surface area contributed by atoms with Crippen molar-refractivity contribution in [3.8, 4) is 0 Å². The molecular formula is C15H24N2O3. The summed E-state index contributed by atoms with van der Waals surface area (Å²) in [5, 5.41) is 10.5. The van der Waals surface area contributed by atoms with Crippen molar-refractivity contribution < 1.29 is 14.6 Å². The first kappa shape index (κ1) is 15.0. The van der Waals surface area contributed by atoms with Crippen molar-refractivity contribution in [2.45, 2.75) is 50.8 Å². The van der Waals surface area contributed by atoms with E-state index < -0.39 is 11.6 Å². The van der Waals surface area contributed by atoms with Crippen LogP contribution < -0.4 is 0 Å². The standard InChI is InChI=1S/C15H24N2O3/c1-10(2)12-13(19-3)17-15(14(16-12)20-4)9-7-5-6-8-11(15)18/h6,8,10-12,18H,5,7,9H2,1-4H3/t11-,12-,15+/m1/s1. The van der Waals surface area contributed by atoms with Crippen LogP contribution in [0.2, 0.25) is 0 Å². The molecule has 0 radical (unpaired) electrons. The largest absolute Gasteiger partial charge is 0.483 e. The summed E-state index contributed by atoms with van der Waals surface area (Å²) in [6, 6.07) is -0.153. The molecule has 2 rings (SSSR count). The summed E-state index contributed by atoms with van der Waals surface area (Å²) < 4.78 is 10.9. The second-order valence-electron chi connectivity index (χ2n) is 5.67. The maximum absolute atomic E-state index is 10.5. The molecule has 2 aliphatic rings. The van der Waals surface area contributed by atoms with Crippen LogP contribution in [0.1, 0.15) is 33.1 Å². The maximum Gasteiger partial charge on any atom is 0.215 e. The number of rotatable bonds is 1. The molecule has 3 atom stereocenters. The van der Waals surface area contributed by atoms with E-state index in [-0.39, 0.29) is 12.0 Å². The molecule has 0 saturated carbocycles. The summed E-state index contributed by atoms with van der Waals surface area (Å²) in [6.45, 7) is 4.13. The van der Waals surface area contributed by atoms with Crippen LogP contribution >= 0.6 is 0 Å². The van der Waals surface area contributed by atoms with Gasteiger partial charge in [0.2, 0.25) is 11.8 Å². The van der Waals surface area contributed by atoms with Crippen molar-refractivity contribution in [3.63, 3.8) is 0 Å². The lowest BCUT2D eigenvalue weighted by atomic mass is 9.86.